The van der Waals surface area contributed by atoms with Gasteiger partial charge in [0.05, 0.1) is 23.8 Å². The van der Waals surface area contributed by atoms with Gasteiger partial charge in [-0.1, -0.05) is 41.9 Å². The molecule has 196 valence electrons. The van der Waals surface area contributed by atoms with Crippen molar-refractivity contribution in [2.45, 2.75) is 32.7 Å². The van der Waals surface area contributed by atoms with Gasteiger partial charge in [0.1, 0.15) is 18.0 Å². The Kier molecular flexibility index (Phi) is 11.2. The van der Waals surface area contributed by atoms with E-state index >= 15 is 0 Å². The minimum absolute atomic E-state index is 0.0251. The molecule has 0 fully saturated rings. The first-order valence-corrected chi connectivity index (χ1v) is 13.2. The largest absolute Gasteiger partial charge is 0.480 e. The van der Waals surface area contributed by atoms with Gasteiger partial charge in [-0.2, -0.15) is 0 Å². The first-order valence-electron chi connectivity index (χ1n) is 11.1. The van der Waals surface area contributed by atoms with Crippen LogP contribution in [0.5, 0.6) is 0 Å². The molecule has 2 aromatic rings. The number of carboxylic acids is 1. The maximum atomic E-state index is 14.3. The second-order valence-corrected chi connectivity index (χ2v) is 10.1. The lowest BCUT2D eigenvalue weighted by Gasteiger charge is -2.30. The maximum absolute atomic E-state index is 14.3. The second-order valence-electron chi connectivity index (χ2n) is 7.63. The lowest BCUT2D eigenvalue weighted by molar-refractivity contribution is -0.149. The van der Waals surface area contributed by atoms with Crippen molar-refractivity contribution in [3.05, 3.63) is 70.2 Å². The SMILES string of the molecule is CCOP(=O)(CC(=O)N(CCC(=O)c1c(F)ccc(Cl)c1F)C(Cc1ccccc1)C(=O)O)OCC. The number of carbonyl (C=O) groups is 3. The number of benzene rings is 2. The molecule has 1 atom stereocenters. The molecule has 0 aliphatic carbocycles. The Hall–Kier alpha value is -2.65. The van der Waals surface area contributed by atoms with Gasteiger partial charge in [0.15, 0.2) is 11.6 Å². The number of carboxylic acid groups (broad SMARTS) is 1. The van der Waals surface area contributed by atoms with Gasteiger partial charge < -0.3 is 19.1 Å². The third-order valence-corrected chi connectivity index (χ3v) is 7.39. The van der Waals surface area contributed by atoms with Crippen LogP contribution in [0.15, 0.2) is 42.5 Å². The van der Waals surface area contributed by atoms with E-state index in [2.05, 4.69) is 0 Å². The van der Waals surface area contributed by atoms with Gasteiger partial charge in [0.2, 0.25) is 5.91 Å². The molecule has 12 heteroatoms. The molecule has 0 radical (unpaired) electrons. The summed E-state index contributed by atoms with van der Waals surface area (Å²) in [5, 5.41) is 9.45. The van der Waals surface area contributed by atoms with E-state index in [9.17, 15) is 32.8 Å². The molecular formula is C24H27ClF2NO7P. The summed E-state index contributed by atoms with van der Waals surface area (Å²) in [6, 6.07) is 8.74. The molecule has 0 bridgehead atoms. The van der Waals surface area contributed by atoms with Crippen molar-refractivity contribution in [2.75, 3.05) is 25.9 Å². The van der Waals surface area contributed by atoms with E-state index in [-0.39, 0.29) is 19.6 Å². The summed E-state index contributed by atoms with van der Waals surface area (Å²) in [7, 11) is -3.92. The first kappa shape index (κ1) is 29.6. The van der Waals surface area contributed by atoms with Gasteiger partial charge in [-0.15, -0.1) is 0 Å². The smallest absolute Gasteiger partial charge is 0.340 e. The number of rotatable bonds is 14. The number of hydrogen-bond donors (Lipinski definition) is 1. The highest BCUT2D eigenvalue weighted by molar-refractivity contribution is 7.54. The Morgan fingerprint density at radius 3 is 2.22 bits per heavy atom. The Balaban J connectivity index is 2.38. The lowest BCUT2D eigenvalue weighted by Crippen LogP contribution is -2.48. The summed E-state index contributed by atoms with van der Waals surface area (Å²) < 4.78 is 51.7. The molecule has 1 N–H and O–H groups in total. The summed E-state index contributed by atoms with van der Waals surface area (Å²) in [4.78, 5) is 38.9. The average molecular weight is 546 g/mol. The Morgan fingerprint density at radius 1 is 1.06 bits per heavy atom. The van der Waals surface area contributed by atoms with Crippen LogP contribution < -0.4 is 0 Å². The monoisotopic (exact) mass is 545 g/mol. The molecule has 0 aliphatic heterocycles. The Labute approximate surface area is 212 Å². The predicted molar refractivity (Wildman–Crippen MR) is 129 cm³/mol. The van der Waals surface area contributed by atoms with Crippen molar-refractivity contribution >= 4 is 36.9 Å². The van der Waals surface area contributed by atoms with Crippen molar-refractivity contribution in [2.24, 2.45) is 0 Å². The van der Waals surface area contributed by atoms with E-state index in [0.29, 0.717) is 5.56 Å². The first-order chi connectivity index (χ1) is 17.0. The summed E-state index contributed by atoms with van der Waals surface area (Å²) in [6.45, 7) is 2.53. The Bertz CT molecular complexity index is 1120. The zero-order valence-corrected chi connectivity index (χ0v) is 21.4. The highest BCUT2D eigenvalue weighted by Gasteiger charge is 2.36. The molecule has 2 aromatic carbocycles. The Morgan fingerprint density at radius 2 is 1.67 bits per heavy atom. The van der Waals surface area contributed by atoms with Crippen LogP contribution in [0.4, 0.5) is 8.78 Å². The predicted octanol–water partition coefficient (Wildman–Crippen LogP) is 4.98. The van der Waals surface area contributed by atoms with Gasteiger partial charge >= 0.3 is 13.6 Å². The molecule has 1 amide bonds. The standard InChI is InChI=1S/C24H27ClF2NO7P/c1-3-34-36(33,35-4-2)15-21(30)28(19(24(31)32)14-16-8-6-5-7-9-16)13-12-20(29)22-18(26)11-10-17(25)23(22)27/h5-11,19H,3-4,12-15H2,1-2H3,(H,31,32). The number of ketones is 1. The van der Waals surface area contributed by atoms with Crippen LogP contribution in [0.1, 0.15) is 36.2 Å². The van der Waals surface area contributed by atoms with Crippen LogP contribution in [0.3, 0.4) is 0 Å². The molecule has 1 unspecified atom stereocenters. The molecule has 0 saturated carbocycles. The number of aliphatic carboxylic acids is 1. The van der Waals surface area contributed by atoms with Gasteiger partial charge in [-0.05, 0) is 31.5 Å². The van der Waals surface area contributed by atoms with E-state index in [1.807, 2.05) is 0 Å². The van der Waals surface area contributed by atoms with E-state index < -0.39 is 72.6 Å². The molecule has 0 heterocycles. The molecule has 0 spiro atoms. The van der Waals surface area contributed by atoms with Crippen LogP contribution in [0.2, 0.25) is 5.02 Å². The average Bonchev–Trinajstić information content (AvgIpc) is 2.81. The second kappa shape index (κ2) is 13.6. The number of carbonyl (C=O) groups excluding carboxylic acids is 2. The minimum Gasteiger partial charge on any atom is -0.480 e. The van der Waals surface area contributed by atoms with E-state index in [0.717, 1.165) is 17.0 Å². The fourth-order valence-corrected chi connectivity index (χ4v) is 5.24. The zero-order valence-electron chi connectivity index (χ0n) is 19.8. The van der Waals surface area contributed by atoms with E-state index in [1.165, 1.54) is 0 Å². The number of hydrogen-bond acceptors (Lipinski definition) is 6. The number of halogens is 3. The highest BCUT2D eigenvalue weighted by Crippen LogP contribution is 2.48. The summed E-state index contributed by atoms with van der Waals surface area (Å²) >= 11 is 5.66. The molecular weight excluding hydrogens is 519 g/mol. The fourth-order valence-electron chi connectivity index (χ4n) is 3.53. The van der Waals surface area contributed by atoms with Crippen molar-refractivity contribution in [3.63, 3.8) is 0 Å². The van der Waals surface area contributed by atoms with E-state index in [4.69, 9.17) is 20.6 Å². The van der Waals surface area contributed by atoms with Crippen molar-refractivity contribution in [1.29, 1.82) is 0 Å². The maximum Gasteiger partial charge on any atom is 0.340 e. The number of nitrogens with zero attached hydrogens (tertiary/aromatic N) is 1. The van der Waals surface area contributed by atoms with Gasteiger partial charge in [0, 0.05) is 19.4 Å². The molecule has 2 rings (SSSR count). The topological polar surface area (TPSA) is 110 Å². The summed E-state index contributed by atoms with van der Waals surface area (Å²) in [6.07, 6.45) is -1.53. The van der Waals surface area contributed by atoms with E-state index in [1.54, 1.807) is 44.2 Å². The third kappa shape index (κ3) is 7.93. The molecule has 36 heavy (non-hydrogen) atoms. The minimum atomic E-state index is -3.92. The van der Waals surface area contributed by atoms with Crippen LogP contribution in [-0.4, -0.2) is 59.6 Å². The summed E-state index contributed by atoms with van der Waals surface area (Å²) in [5.41, 5.74) is -0.308. The zero-order chi connectivity index (χ0) is 26.9. The van der Waals surface area contributed by atoms with Crippen LogP contribution in [0, 0.1) is 11.6 Å². The van der Waals surface area contributed by atoms with Crippen LogP contribution >= 0.6 is 19.2 Å². The highest BCUT2D eigenvalue weighted by atomic mass is 35.5. The third-order valence-electron chi connectivity index (χ3n) is 5.14. The summed E-state index contributed by atoms with van der Waals surface area (Å²) in [5.74, 6) is -5.72. The van der Waals surface area contributed by atoms with Gasteiger partial charge in [-0.3, -0.25) is 14.2 Å². The molecule has 8 nitrogen and oxygen atoms in total. The van der Waals surface area contributed by atoms with Gasteiger partial charge in [0.25, 0.3) is 0 Å². The molecule has 0 aromatic heterocycles. The quantitative estimate of drug-likeness (QED) is 0.202. The number of Topliss-reactive ketones (excluding diaryl/α,β-unsaturated/α-hetero) is 1. The lowest BCUT2D eigenvalue weighted by atomic mass is 10.0. The number of amides is 1. The van der Waals surface area contributed by atoms with Crippen molar-refractivity contribution in [3.8, 4) is 0 Å². The van der Waals surface area contributed by atoms with Crippen molar-refractivity contribution in [1.82, 2.24) is 4.90 Å². The molecule has 0 aliphatic rings. The fraction of sp³-hybridized carbons (Fsp3) is 0.375. The van der Waals surface area contributed by atoms with Crippen LogP contribution in [0.25, 0.3) is 0 Å². The normalized spacial score (nSPS) is 12.2. The van der Waals surface area contributed by atoms with Crippen molar-refractivity contribution < 1.29 is 41.9 Å². The van der Waals surface area contributed by atoms with Crippen LogP contribution in [-0.2, 0) is 29.6 Å². The van der Waals surface area contributed by atoms with Gasteiger partial charge in [-0.25, -0.2) is 13.6 Å². The molecule has 0 saturated heterocycles.